The minimum absolute atomic E-state index is 0.0960. The highest BCUT2D eigenvalue weighted by Gasteiger charge is 2.20. The molecule has 3 rings (SSSR count). The van der Waals surface area contributed by atoms with E-state index in [1.54, 1.807) is 17.1 Å². The Bertz CT molecular complexity index is 710. The van der Waals surface area contributed by atoms with Crippen molar-refractivity contribution in [3.63, 3.8) is 0 Å². The van der Waals surface area contributed by atoms with Crippen molar-refractivity contribution in [2.45, 2.75) is 31.2 Å². The van der Waals surface area contributed by atoms with Crippen LogP contribution in [-0.2, 0) is 13.1 Å². The smallest absolute Gasteiger partial charge is 0.267 e. The standard InChI is InChI=1S/C13H15N5O2S/c1-9(7-17-3-2-14-8-17)16-11(19)10-6-15-13-18(12(10)20)4-5-21-13/h2-3,6,8-9H,4-5,7H2,1H3,(H,16,19). The third-order valence-corrected chi connectivity index (χ3v) is 4.19. The van der Waals surface area contributed by atoms with Gasteiger partial charge in [-0.05, 0) is 6.92 Å². The maximum atomic E-state index is 12.2. The molecule has 0 spiro atoms. The largest absolute Gasteiger partial charge is 0.348 e. The number of rotatable bonds is 4. The molecule has 1 aliphatic heterocycles. The lowest BCUT2D eigenvalue weighted by Crippen LogP contribution is -2.39. The molecule has 1 amide bonds. The molecule has 0 radical (unpaired) electrons. The summed E-state index contributed by atoms with van der Waals surface area (Å²) < 4.78 is 3.43. The maximum Gasteiger partial charge on any atom is 0.267 e. The topological polar surface area (TPSA) is 81.8 Å². The van der Waals surface area contributed by atoms with Gasteiger partial charge in [0.1, 0.15) is 5.56 Å². The van der Waals surface area contributed by atoms with Gasteiger partial charge in [-0.15, -0.1) is 0 Å². The van der Waals surface area contributed by atoms with Crippen molar-refractivity contribution in [3.05, 3.63) is 40.8 Å². The first-order valence-electron chi connectivity index (χ1n) is 6.64. The number of nitrogens with one attached hydrogen (secondary N) is 1. The lowest BCUT2D eigenvalue weighted by Gasteiger charge is -2.14. The van der Waals surface area contributed by atoms with Crippen LogP contribution in [0.1, 0.15) is 17.3 Å². The van der Waals surface area contributed by atoms with E-state index in [0.29, 0.717) is 18.2 Å². The molecule has 7 nitrogen and oxygen atoms in total. The van der Waals surface area contributed by atoms with Gasteiger partial charge >= 0.3 is 0 Å². The monoisotopic (exact) mass is 305 g/mol. The average molecular weight is 305 g/mol. The number of carbonyl (C=O) groups excluding carboxylic acids is 1. The number of imidazole rings is 1. The van der Waals surface area contributed by atoms with Gasteiger partial charge in [-0.25, -0.2) is 9.97 Å². The lowest BCUT2D eigenvalue weighted by molar-refractivity contribution is 0.0933. The minimum Gasteiger partial charge on any atom is -0.348 e. The first-order chi connectivity index (χ1) is 10.1. The summed E-state index contributed by atoms with van der Waals surface area (Å²) in [6.45, 7) is 3.09. The fraction of sp³-hybridized carbons (Fsp3) is 0.385. The van der Waals surface area contributed by atoms with Crippen LogP contribution in [0.2, 0.25) is 0 Å². The van der Waals surface area contributed by atoms with Crippen molar-refractivity contribution < 1.29 is 4.79 Å². The second-order valence-electron chi connectivity index (χ2n) is 4.89. The molecule has 1 atom stereocenters. The summed E-state index contributed by atoms with van der Waals surface area (Å²) in [7, 11) is 0. The van der Waals surface area contributed by atoms with Gasteiger partial charge in [0.25, 0.3) is 11.5 Å². The van der Waals surface area contributed by atoms with Crippen molar-refractivity contribution >= 4 is 17.7 Å². The van der Waals surface area contributed by atoms with Crippen LogP contribution in [0.25, 0.3) is 0 Å². The quantitative estimate of drug-likeness (QED) is 0.825. The SMILES string of the molecule is CC(Cn1ccnc1)NC(=O)c1cnc2n(c1=O)CCS2. The van der Waals surface area contributed by atoms with E-state index in [2.05, 4.69) is 15.3 Å². The number of amides is 1. The molecule has 2 aromatic heterocycles. The predicted octanol–water partition coefficient (Wildman–Crippen LogP) is 0.364. The van der Waals surface area contributed by atoms with Crippen molar-refractivity contribution in [1.82, 2.24) is 24.4 Å². The summed E-state index contributed by atoms with van der Waals surface area (Å²) in [6, 6.07) is -0.112. The van der Waals surface area contributed by atoms with Crippen LogP contribution in [0.4, 0.5) is 0 Å². The van der Waals surface area contributed by atoms with E-state index in [-0.39, 0.29) is 23.1 Å². The molecule has 0 fully saturated rings. The molecule has 1 N–H and O–H groups in total. The number of hydrogen-bond donors (Lipinski definition) is 1. The highest BCUT2D eigenvalue weighted by Crippen LogP contribution is 2.20. The van der Waals surface area contributed by atoms with Crippen LogP contribution in [0.3, 0.4) is 0 Å². The zero-order valence-electron chi connectivity index (χ0n) is 11.5. The fourth-order valence-corrected chi connectivity index (χ4v) is 3.15. The Morgan fingerprint density at radius 2 is 2.43 bits per heavy atom. The highest BCUT2D eigenvalue weighted by atomic mass is 32.2. The molecule has 0 bridgehead atoms. The summed E-state index contributed by atoms with van der Waals surface area (Å²) in [4.78, 5) is 32.6. The number of nitrogens with zero attached hydrogens (tertiary/aromatic N) is 4. The Kier molecular flexibility index (Phi) is 3.78. The number of thioether (sulfide) groups is 1. The second kappa shape index (κ2) is 5.72. The Balaban J connectivity index is 1.72. The molecule has 8 heteroatoms. The molecule has 1 unspecified atom stereocenters. The van der Waals surface area contributed by atoms with Crippen LogP contribution in [0.5, 0.6) is 0 Å². The van der Waals surface area contributed by atoms with Gasteiger partial charge < -0.3 is 9.88 Å². The van der Waals surface area contributed by atoms with Crippen molar-refractivity contribution in [1.29, 1.82) is 0 Å². The van der Waals surface area contributed by atoms with Crippen molar-refractivity contribution in [3.8, 4) is 0 Å². The molecule has 3 heterocycles. The van der Waals surface area contributed by atoms with Gasteiger partial charge in [0.2, 0.25) is 0 Å². The van der Waals surface area contributed by atoms with E-state index in [0.717, 1.165) is 5.75 Å². The number of fused-ring (bicyclic) bond motifs is 1. The third-order valence-electron chi connectivity index (χ3n) is 3.22. The molecule has 0 saturated carbocycles. The maximum absolute atomic E-state index is 12.2. The number of hydrogen-bond acceptors (Lipinski definition) is 5. The van der Waals surface area contributed by atoms with E-state index in [1.807, 2.05) is 17.7 Å². The van der Waals surface area contributed by atoms with Gasteiger partial charge in [0.15, 0.2) is 5.16 Å². The summed E-state index contributed by atoms with van der Waals surface area (Å²) in [5.41, 5.74) is -0.170. The van der Waals surface area contributed by atoms with E-state index in [4.69, 9.17) is 0 Å². The van der Waals surface area contributed by atoms with Crippen molar-refractivity contribution in [2.24, 2.45) is 0 Å². The van der Waals surface area contributed by atoms with E-state index >= 15 is 0 Å². The Labute approximate surface area is 125 Å². The summed E-state index contributed by atoms with van der Waals surface area (Å²) in [5, 5.41) is 3.50. The highest BCUT2D eigenvalue weighted by molar-refractivity contribution is 7.99. The van der Waals surface area contributed by atoms with Crippen LogP contribution in [-0.4, -0.2) is 36.8 Å². The summed E-state index contributed by atoms with van der Waals surface area (Å²) in [5.74, 6) is 0.442. The van der Waals surface area contributed by atoms with Crippen LogP contribution < -0.4 is 10.9 Å². The molecule has 2 aromatic rings. The second-order valence-corrected chi connectivity index (χ2v) is 5.96. The van der Waals surface area contributed by atoms with Crippen molar-refractivity contribution in [2.75, 3.05) is 5.75 Å². The Morgan fingerprint density at radius 3 is 3.19 bits per heavy atom. The molecule has 1 aliphatic rings. The zero-order valence-corrected chi connectivity index (χ0v) is 12.3. The first kappa shape index (κ1) is 13.9. The number of carbonyl (C=O) groups is 1. The van der Waals surface area contributed by atoms with Gasteiger partial charge in [0, 0.05) is 43.5 Å². The van der Waals surface area contributed by atoms with Gasteiger partial charge in [-0.1, -0.05) is 11.8 Å². The van der Waals surface area contributed by atoms with Gasteiger partial charge in [-0.3, -0.25) is 14.2 Å². The lowest BCUT2D eigenvalue weighted by atomic mass is 10.2. The van der Waals surface area contributed by atoms with Gasteiger partial charge in [0.05, 0.1) is 6.33 Å². The van der Waals surface area contributed by atoms with E-state index < -0.39 is 0 Å². The Hall–Kier alpha value is -2.09. The molecule has 21 heavy (non-hydrogen) atoms. The molecular weight excluding hydrogens is 290 g/mol. The number of aromatic nitrogens is 4. The molecule has 0 aliphatic carbocycles. The van der Waals surface area contributed by atoms with Crippen LogP contribution in [0.15, 0.2) is 34.9 Å². The Morgan fingerprint density at radius 1 is 1.57 bits per heavy atom. The third kappa shape index (κ3) is 2.85. The minimum atomic E-state index is -0.382. The van der Waals surface area contributed by atoms with E-state index in [1.165, 1.54) is 18.0 Å². The average Bonchev–Trinajstić information content (AvgIpc) is 3.09. The first-order valence-corrected chi connectivity index (χ1v) is 7.63. The summed E-state index contributed by atoms with van der Waals surface area (Å²) >= 11 is 1.53. The molecular formula is C13H15N5O2S. The summed E-state index contributed by atoms with van der Waals surface area (Å²) in [6.07, 6.45) is 6.56. The molecule has 110 valence electrons. The van der Waals surface area contributed by atoms with E-state index in [9.17, 15) is 9.59 Å². The molecule has 0 aromatic carbocycles. The van der Waals surface area contributed by atoms with Crippen LogP contribution >= 0.6 is 11.8 Å². The molecule has 0 saturated heterocycles. The zero-order chi connectivity index (χ0) is 14.8. The normalized spacial score (nSPS) is 14.7. The predicted molar refractivity (Wildman–Crippen MR) is 78.4 cm³/mol. The van der Waals surface area contributed by atoms with Crippen LogP contribution in [0, 0.1) is 0 Å². The van der Waals surface area contributed by atoms with Gasteiger partial charge in [-0.2, -0.15) is 0 Å². The fourth-order valence-electron chi connectivity index (χ4n) is 2.23.